The van der Waals surface area contributed by atoms with Gasteiger partial charge in [-0.2, -0.15) is 0 Å². The molecule has 0 bridgehead atoms. The molecule has 2 atom stereocenters. The van der Waals surface area contributed by atoms with Crippen molar-refractivity contribution < 1.29 is 57.7 Å². The Balaban J connectivity index is 0.00000161. The summed E-state index contributed by atoms with van der Waals surface area (Å²) in [7, 11) is -1.57. The molecule has 0 aliphatic heterocycles. The predicted molar refractivity (Wildman–Crippen MR) is 85.3 cm³/mol. The molecule has 120 valence electrons. The van der Waals surface area contributed by atoms with Gasteiger partial charge in [-0.3, -0.25) is 0 Å². The van der Waals surface area contributed by atoms with Crippen molar-refractivity contribution in [1.82, 2.24) is 0 Å². The third-order valence-electron chi connectivity index (χ3n) is 4.68. The number of hydrogen-bond donors (Lipinski definition) is 0. The summed E-state index contributed by atoms with van der Waals surface area (Å²) >= 11 is 2.38. The summed E-state index contributed by atoms with van der Waals surface area (Å²) in [5.74, 6) is 0. The van der Waals surface area contributed by atoms with Crippen LogP contribution < -0.4 is 42.4 Å². The monoisotopic (exact) mass is 416 g/mol. The molecule has 1 aliphatic rings. The summed E-state index contributed by atoms with van der Waals surface area (Å²) in [4.78, 5) is 0. The second-order valence-corrected chi connectivity index (χ2v) is 11.1. The van der Waals surface area contributed by atoms with E-state index in [1.54, 1.807) is 10.4 Å². The fraction of sp³-hybridized carbons (Fsp3) is 0.222. The van der Waals surface area contributed by atoms with E-state index in [1.807, 2.05) is 0 Å². The zero-order valence-corrected chi connectivity index (χ0v) is 18.0. The van der Waals surface area contributed by atoms with E-state index in [4.69, 9.17) is 0 Å². The molecule has 0 saturated carbocycles. The number of hydrogen-bond acceptors (Lipinski definition) is 0. The summed E-state index contributed by atoms with van der Waals surface area (Å²) < 4.78 is 0.572. The topological polar surface area (TPSA) is 0 Å². The molecular formula is C18H19Cl3SiTi. The molecule has 0 aromatic heterocycles. The van der Waals surface area contributed by atoms with Crippen LogP contribution in [0.15, 0.2) is 59.8 Å². The SMILES string of the molecule is CC[Si](C)(C1=Cc2ccccc2[CH]1[Ti+3])c1ccccc1.[Cl-].[Cl-].[Cl-]. The first-order valence-corrected chi connectivity index (χ1v) is 10.9. The molecule has 0 nitrogen and oxygen atoms in total. The van der Waals surface area contributed by atoms with Gasteiger partial charge in [0.05, 0.1) is 0 Å². The minimum atomic E-state index is -1.57. The molecule has 0 spiro atoms. The van der Waals surface area contributed by atoms with E-state index in [9.17, 15) is 0 Å². The second kappa shape index (κ2) is 9.46. The van der Waals surface area contributed by atoms with Crippen molar-refractivity contribution in [2.75, 3.05) is 0 Å². The van der Waals surface area contributed by atoms with Gasteiger partial charge in [0.15, 0.2) is 0 Å². The van der Waals surface area contributed by atoms with Crippen molar-refractivity contribution in [2.24, 2.45) is 0 Å². The molecule has 0 fully saturated rings. The van der Waals surface area contributed by atoms with Gasteiger partial charge in [-0.1, -0.05) is 0 Å². The third kappa shape index (κ3) is 4.15. The number of allylic oxidation sites excluding steroid dienone is 1. The molecule has 2 aromatic rings. The Morgan fingerprint density at radius 1 is 0.913 bits per heavy atom. The minimum Gasteiger partial charge on any atom is -1.00 e. The van der Waals surface area contributed by atoms with Crippen molar-refractivity contribution in [1.29, 1.82) is 0 Å². The van der Waals surface area contributed by atoms with Gasteiger partial charge >= 0.3 is 134 Å². The molecule has 5 heteroatoms. The average molecular weight is 418 g/mol. The van der Waals surface area contributed by atoms with E-state index >= 15 is 0 Å². The molecule has 0 radical (unpaired) electrons. The van der Waals surface area contributed by atoms with Gasteiger partial charge in [-0.05, 0) is 0 Å². The van der Waals surface area contributed by atoms with Gasteiger partial charge in [0.1, 0.15) is 0 Å². The van der Waals surface area contributed by atoms with Gasteiger partial charge in [0.2, 0.25) is 0 Å². The number of benzene rings is 2. The molecular weight excluding hydrogens is 399 g/mol. The van der Waals surface area contributed by atoms with Gasteiger partial charge in [-0.15, -0.1) is 0 Å². The Morgan fingerprint density at radius 2 is 1.48 bits per heavy atom. The largest absolute Gasteiger partial charge is 1.00 e. The fourth-order valence-corrected chi connectivity index (χ4v) is 8.56. The van der Waals surface area contributed by atoms with Gasteiger partial charge in [0, 0.05) is 0 Å². The molecule has 0 saturated heterocycles. The standard InChI is InChI=1S/C18H19Si.3ClH.Ti/c1-3-19(2,17-11-5-4-6-12-17)18-13-15-9-7-8-10-16(15)14-18;;;;/h4-14H,3H2,1-2H3;3*1H;/q;;;;+3/p-3. The van der Waals surface area contributed by atoms with Gasteiger partial charge < -0.3 is 37.2 Å². The summed E-state index contributed by atoms with van der Waals surface area (Å²) in [6.07, 6.45) is 2.47. The van der Waals surface area contributed by atoms with E-state index in [1.165, 1.54) is 17.2 Å². The first kappa shape index (κ1) is 23.0. The Kier molecular flexibility index (Phi) is 9.45. The van der Waals surface area contributed by atoms with Crippen LogP contribution in [-0.2, 0) is 20.4 Å². The summed E-state index contributed by atoms with van der Waals surface area (Å²) in [5.41, 5.74) is 2.93. The Hall–Kier alpha value is -0.0188. The molecule has 3 rings (SSSR count). The van der Waals surface area contributed by atoms with E-state index in [2.05, 4.69) is 94.6 Å². The molecule has 1 aliphatic carbocycles. The van der Waals surface area contributed by atoms with E-state index < -0.39 is 8.07 Å². The molecule has 0 amide bonds. The first-order valence-electron chi connectivity index (χ1n) is 7.24. The Labute approximate surface area is 170 Å². The summed E-state index contributed by atoms with van der Waals surface area (Å²) in [6, 6.07) is 21.3. The summed E-state index contributed by atoms with van der Waals surface area (Å²) in [6.45, 7) is 4.88. The maximum absolute atomic E-state index is 2.52. The molecule has 0 heterocycles. The van der Waals surface area contributed by atoms with Crippen LogP contribution in [0.25, 0.3) is 6.08 Å². The van der Waals surface area contributed by atoms with Crippen LogP contribution in [0.5, 0.6) is 0 Å². The zero-order valence-electron chi connectivity index (χ0n) is 13.2. The first-order chi connectivity index (χ1) is 9.66. The molecule has 23 heavy (non-hydrogen) atoms. The van der Waals surface area contributed by atoms with Crippen LogP contribution in [0.1, 0.15) is 22.3 Å². The molecule has 2 unspecified atom stereocenters. The Morgan fingerprint density at radius 3 is 2.04 bits per heavy atom. The fourth-order valence-electron chi connectivity index (χ4n) is 3.18. The van der Waals surface area contributed by atoms with E-state index in [0.29, 0.717) is 4.22 Å². The van der Waals surface area contributed by atoms with Crippen molar-refractivity contribution in [3.05, 3.63) is 70.9 Å². The molecule has 2 aromatic carbocycles. The maximum Gasteiger partial charge on any atom is -1.00 e. The zero-order chi connectivity index (χ0) is 14.2. The third-order valence-corrected chi connectivity index (χ3v) is 10.8. The normalized spacial score (nSPS) is 17.6. The Bertz CT molecular complexity index is 660. The van der Waals surface area contributed by atoms with Crippen LogP contribution >= 0.6 is 0 Å². The van der Waals surface area contributed by atoms with Crippen molar-refractivity contribution in [3.8, 4) is 0 Å². The van der Waals surface area contributed by atoms with Crippen LogP contribution in [0.3, 0.4) is 0 Å². The average Bonchev–Trinajstić information content (AvgIpc) is 2.85. The van der Waals surface area contributed by atoms with Crippen molar-refractivity contribution in [2.45, 2.75) is 23.7 Å². The predicted octanol–water partition coefficient (Wildman–Crippen LogP) is -4.77. The maximum atomic E-state index is 2.52. The molecule has 0 N–H and O–H groups in total. The van der Waals surface area contributed by atoms with Crippen LogP contribution in [-0.4, -0.2) is 8.07 Å². The van der Waals surface area contributed by atoms with E-state index in [0.717, 1.165) is 0 Å². The van der Waals surface area contributed by atoms with Gasteiger partial charge in [-0.25, -0.2) is 0 Å². The number of halogens is 3. The van der Waals surface area contributed by atoms with Crippen LogP contribution in [0.4, 0.5) is 0 Å². The quantitative estimate of drug-likeness (QED) is 0.440. The number of fused-ring (bicyclic) bond motifs is 1. The van der Waals surface area contributed by atoms with Crippen LogP contribution in [0.2, 0.25) is 12.6 Å². The number of rotatable bonds is 3. The van der Waals surface area contributed by atoms with Crippen LogP contribution in [0, 0.1) is 0 Å². The summed E-state index contributed by atoms with van der Waals surface area (Å²) in [5, 5.41) is 3.25. The van der Waals surface area contributed by atoms with Crippen molar-refractivity contribution >= 4 is 19.3 Å². The van der Waals surface area contributed by atoms with Crippen molar-refractivity contribution in [3.63, 3.8) is 0 Å². The smallest absolute Gasteiger partial charge is 1.00 e. The minimum absolute atomic E-state index is 0. The second-order valence-electron chi connectivity index (χ2n) is 5.71. The van der Waals surface area contributed by atoms with Gasteiger partial charge in [0.25, 0.3) is 0 Å². The van der Waals surface area contributed by atoms with E-state index in [-0.39, 0.29) is 37.2 Å².